The summed E-state index contributed by atoms with van der Waals surface area (Å²) in [6.45, 7) is 1.83. The Labute approximate surface area is 78.5 Å². The van der Waals surface area contributed by atoms with Crippen molar-refractivity contribution in [2.45, 2.75) is 13.0 Å². The molecule has 1 atom stereocenters. The highest BCUT2D eigenvalue weighted by molar-refractivity contribution is 7.90. The Morgan fingerprint density at radius 2 is 1.92 bits per heavy atom. The smallest absolute Gasteiger partial charge is 0.149 e. The summed E-state index contributed by atoms with van der Waals surface area (Å²) in [6, 6.07) is 3.67. The van der Waals surface area contributed by atoms with Gasteiger partial charge < -0.3 is 5.43 Å². The normalized spacial score (nSPS) is 14.0. The summed E-state index contributed by atoms with van der Waals surface area (Å²) >= 11 is 0. The van der Waals surface area contributed by atoms with Crippen LogP contribution in [0.4, 0.5) is 0 Å². The van der Waals surface area contributed by atoms with Crippen LogP contribution in [0.2, 0.25) is 0 Å². The summed E-state index contributed by atoms with van der Waals surface area (Å²) in [5.74, 6) is 0.144. The zero-order valence-corrected chi connectivity index (χ0v) is 8.58. The van der Waals surface area contributed by atoms with Gasteiger partial charge in [0.15, 0.2) is 0 Å². The lowest BCUT2D eigenvalue weighted by atomic mass is 10.4. The van der Waals surface area contributed by atoms with Crippen molar-refractivity contribution in [1.29, 1.82) is 0 Å². The third-order valence-electron chi connectivity index (χ3n) is 1.53. The SMILES string of the molecule is CC(CS(C)(=O)=O)Nn1cccc1. The number of nitrogens with one attached hydrogen (secondary N) is 1. The molecule has 0 aliphatic heterocycles. The topological polar surface area (TPSA) is 51.1 Å². The van der Waals surface area contributed by atoms with Crippen molar-refractivity contribution >= 4 is 9.84 Å². The summed E-state index contributed by atoms with van der Waals surface area (Å²) in [5, 5.41) is 0. The molecule has 74 valence electrons. The summed E-state index contributed by atoms with van der Waals surface area (Å²) in [5.41, 5.74) is 3.02. The van der Waals surface area contributed by atoms with Crippen LogP contribution < -0.4 is 5.43 Å². The highest BCUT2D eigenvalue weighted by Crippen LogP contribution is 1.93. The fraction of sp³-hybridized carbons (Fsp3) is 0.500. The van der Waals surface area contributed by atoms with Crippen LogP contribution in [0.15, 0.2) is 24.5 Å². The van der Waals surface area contributed by atoms with Crippen molar-refractivity contribution in [2.24, 2.45) is 0 Å². The maximum Gasteiger partial charge on any atom is 0.149 e. The highest BCUT2D eigenvalue weighted by Gasteiger charge is 2.09. The van der Waals surface area contributed by atoms with E-state index in [4.69, 9.17) is 0 Å². The largest absolute Gasteiger partial charge is 0.323 e. The Morgan fingerprint density at radius 1 is 1.38 bits per heavy atom. The van der Waals surface area contributed by atoms with Gasteiger partial charge in [-0.3, -0.25) is 4.68 Å². The molecule has 1 aromatic heterocycles. The van der Waals surface area contributed by atoms with Gasteiger partial charge in [-0.15, -0.1) is 0 Å². The molecule has 1 rings (SSSR count). The van der Waals surface area contributed by atoms with Crippen LogP contribution in [-0.4, -0.2) is 31.1 Å². The van der Waals surface area contributed by atoms with Gasteiger partial charge in [0, 0.05) is 18.6 Å². The average Bonchev–Trinajstić information content (AvgIpc) is 2.34. The van der Waals surface area contributed by atoms with Crippen molar-refractivity contribution in [2.75, 3.05) is 17.4 Å². The molecule has 0 amide bonds. The fourth-order valence-corrected chi connectivity index (χ4v) is 2.15. The Morgan fingerprint density at radius 3 is 2.38 bits per heavy atom. The quantitative estimate of drug-likeness (QED) is 0.772. The van der Waals surface area contributed by atoms with Crippen molar-refractivity contribution in [3.63, 3.8) is 0 Å². The van der Waals surface area contributed by atoms with Crippen molar-refractivity contribution in [3.8, 4) is 0 Å². The lowest BCUT2D eigenvalue weighted by Crippen LogP contribution is -2.30. The molecule has 0 spiro atoms. The summed E-state index contributed by atoms with van der Waals surface area (Å²) < 4.78 is 23.6. The molecule has 1 heterocycles. The molecule has 4 nitrogen and oxygen atoms in total. The third kappa shape index (κ3) is 3.98. The van der Waals surface area contributed by atoms with E-state index in [0.717, 1.165) is 0 Å². The predicted octanol–water partition coefficient (Wildman–Crippen LogP) is 0.465. The average molecular weight is 202 g/mol. The van der Waals surface area contributed by atoms with Gasteiger partial charge in [-0.2, -0.15) is 0 Å². The maximum absolute atomic E-state index is 10.9. The summed E-state index contributed by atoms with van der Waals surface area (Å²) in [4.78, 5) is 0. The first-order valence-corrected chi connectivity index (χ1v) is 6.11. The van der Waals surface area contributed by atoms with E-state index >= 15 is 0 Å². The predicted molar refractivity (Wildman–Crippen MR) is 53.0 cm³/mol. The zero-order chi connectivity index (χ0) is 9.90. The van der Waals surface area contributed by atoms with E-state index in [1.54, 1.807) is 4.68 Å². The van der Waals surface area contributed by atoms with E-state index < -0.39 is 9.84 Å². The Kier molecular flexibility index (Phi) is 2.98. The molecule has 0 aromatic carbocycles. The fourth-order valence-electron chi connectivity index (χ4n) is 1.17. The third-order valence-corrected chi connectivity index (χ3v) is 2.63. The second-order valence-corrected chi connectivity index (χ2v) is 5.40. The van der Waals surface area contributed by atoms with E-state index in [2.05, 4.69) is 5.43 Å². The van der Waals surface area contributed by atoms with Gasteiger partial charge in [-0.25, -0.2) is 8.42 Å². The van der Waals surface area contributed by atoms with Crippen molar-refractivity contribution < 1.29 is 8.42 Å². The molecule has 0 saturated heterocycles. The van der Waals surface area contributed by atoms with Crippen LogP contribution in [0.3, 0.4) is 0 Å². The van der Waals surface area contributed by atoms with Crippen LogP contribution in [0.1, 0.15) is 6.92 Å². The molecule has 1 N–H and O–H groups in total. The molecule has 0 radical (unpaired) electrons. The minimum atomic E-state index is -2.90. The molecular weight excluding hydrogens is 188 g/mol. The van der Waals surface area contributed by atoms with E-state index in [1.165, 1.54) is 6.26 Å². The summed E-state index contributed by atoms with van der Waals surface area (Å²) in [6.07, 6.45) is 4.90. The number of sulfone groups is 1. The molecular formula is C8H14N2O2S. The molecule has 5 heteroatoms. The molecule has 0 fully saturated rings. The van der Waals surface area contributed by atoms with Crippen LogP contribution in [-0.2, 0) is 9.84 Å². The van der Waals surface area contributed by atoms with Gasteiger partial charge in [0.25, 0.3) is 0 Å². The van der Waals surface area contributed by atoms with Gasteiger partial charge >= 0.3 is 0 Å². The van der Waals surface area contributed by atoms with Gasteiger partial charge in [-0.1, -0.05) is 0 Å². The minimum Gasteiger partial charge on any atom is -0.323 e. The molecule has 1 aromatic rings. The van der Waals surface area contributed by atoms with Gasteiger partial charge in [0.2, 0.25) is 0 Å². The van der Waals surface area contributed by atoms with E-state index in [0.29, 0.717) is 0 Å². The Bertz CT molecular complexity index is 342. The van der Waals surface area contributed by atoms with Crippen LogP contribution in [0.5, 0.6) is 0 Å². The zero-order valence-electron chi connectivity index (χ0n) is 7.77. The maximum atomic E-state index is 10.9. The van der Waals surface area contributed by atoms with Gasteiger partial charge in [-0.05, 0) is 19.1 Å². The molecule has 0 aliphatic rings. The van der Waals surface area contributed by atoms with E-state index in [1.807, 2.05) is 31.5 Å². The number of nitrogens with zero attached hydrogens (tertiary/aromatic N) is 1. The Balaban J connectivity index is 2.47. The molecule has 0 saturated carbocycles. The first-order chi connectivity index (χ1) is 5.97. The van der Waals surface area contributed by atoms with Crippen LogP contribution in [0.25, 0.3) is 0 Å². The first-order valence-electron chi connectivity index (χ1n) is 4.04. The number of hydrogen-bond acceptors (Lipinski definition) is 3. The van der Waals surface area contributed by atoms with Gasteiger partial charge in [0.05, 0.1) is 11.8 Å². The first kappa shape index (κ1) is 10.1. The Hall–Kier alpha value is -0.970. The standard InChI is InChI=1S/C8H14N2O2S/c1-8(7-13(2,11)12)9-10-5-3-4-6-10/h3-6,8-9H,7H2,1-2H3. The minimum absolute atomic E-state index is 0.0811. The number of aromatic nitrogens is 1. The van der Waals surface area contributed by atoms with Crippen LogP contribution >= 0.6 is 0 Å². The number of rotatable bonds is 4. The molecule has 0 aliphatic carbocycles. The summed E-state index contributed by atoms with van der Waals surface area (Å²) in [7, 11) is -2.90. The lowest BCUT2D eigenvalue weighted by molar-refractivity contribution is 0.594. The van der Waals surface area contributed by atoms with E-state index in [9.17, 15) is 8.42 Å². The monoisotopic (exact) mass is 202 g/mol. The molecule has 1 unspecified atom stereocenters. The second-order valence-electron chi connectivity index (χ2n) is 3.21. The highest BCUT2D eigenvalue weighted by atomic mass is 32.2. The van der Waals surface area contributed by atoms with Crippen molar-refractivity contribution in [1.82, 2.24) is 4.68 Å². The number of hydrogen-bond donors (Lipinski definition) is 1. The molecule has 0 bridgehead atoms. The van der Waals surface area contributed by atoms with Crippen molar-refractivity contribution in [3.05, 3.63) is 24.5 Å². The second kappa shape index (κ2) is 3.83. The lowest BCUT2D eigenvalue weighted by Gasteiger charge is -2.14. The van der Waals surface area contributed by atoms with Crippen LogP contribution in [0, 0.1) is 0 Å². The molecule has 13 heavy (non-hydrogen) atoms. The van der Waals surface area contributed by atoms with E-state index in [-0.39, 0.29) is 11.8 Å². The van der Waals surface area contributed by atoms with Gasteiger partial charge in [0.1, 0.15) is 9.84 Å².